The summed E-state index contributed by atoms with van der Waals surface area (Å²) < 4.78 is 18.8. The van der Waals surface area contributed by atoms with E-state index in [1.165, 1.54) is 11.3 Å². The van der Waals surface area contributed by atoms with Crippen molar-refractivity contribution in [3.63, 3.8) is 0 Å². The van der Waals surface area contributed by atoms with Crippen molar-refractivity contribution in [1.29, 1.82) is 0 Å². The van der Waals surface area contributed by atoms with Gasteiger partial charge in [-0.05, 0) is 43.2 Å². The van der Waals surface area contributed by atoms with Gasteiger partial charge < -0.3 is 24.8 Å². The number of urea groups is 1. The van der Waals surface area contributed by atoms with Gasteiger partial charge in [0.25, 0.3) is 0 Å². The first kappa shape index (κ1) is 23.3. The molecule has 0 aliphatic carbocycles. The Morgan fingerprint density at radius 2 is 1.94 bits per heavy atom. The van der Waals surface area contributed by atoms with E-state index in [0.29, 0.717) is 31.4 Å². The van der Waals surface area contributed by atoms with Gasteiger partial charge in [0, 0.05) is 61.1 Å². The molecule has 166 valence electrons. The second-order valence-corrected chi connectivity index (χ2v) is 8.28. The third kappa shape index (κ3) is 5.88. The predicted octanol–water partition coefficient (Wildman–Crippen LogP) is 4.13. The zero-order valence-electron chi connectivity index (χ0n) is 17.6. The molecular formula is C21H25IN4O4S. The Bertz CT molecular complexity index is 1030. The van der Waals surface area contributed by atoms with Gasteiger partial charge in [-0.3, -0.25) is 3.97 Å². The van der Waals surface area contributed by atoms with Crippen molar-refractivity contribution in [1.82, 2.24) is 19.6 Å². The van der Waals surface area contributed by atoms with Crippen LogP contribution in [0.5, 0.6) is 17.4 Å². The lowest BCUT2D eigenvalue weighted by Gasteiger charge is -2.09. The number of ether oxygens (including phenoxy) is 3. The van der Waals surface area contributed by atoms with E-state index in [1.54, 1.807) is 35.5 Å². The molecule has 0 saturated heterocycles. The van der Waals surface area contributed by atoms with E-state index in [0.717, 1.165) is 23.1 Å². The Balaban J connectivity index is 1.65. The zero-order chi connectivity index (χ0) is 22.2. The van der Waals surface area contributed by atoms with Crippen LogP contribution in [0.2, 0.25) is 0 Å². The molecule has 2 heterocycles. The van der Waals surface area contributed by atoms with E-state index in [2.05, 4.69) is 59.9 Å². The van der Waals surface area contributed by atoms with Crippen molar-refractivity contribution in [2.45, 2.75) is 13.3 Å². The van der Waals surface area contributed by atoms with Gasteiger partial charge in [0.1, 0.15) is 24.7 Å². The Morgan fingerprint density at radius 1 is 1.19 bits per heavy atom. The topological polar surface area (TPSA) is 86.6 Å². The van der Waals surface area contributed by atoms with Crippen LogP contribution in [0.25, 0.3) is 10.9 Å². The van der Waals surface area contributed by atoms with Crippen molar-refractivity contribution in [2.75, 3.05) is 33.9 Å². The van der Waals surface area contributed by atoms with Gasteiger partial charge in [0.2, 0.25) is 5.88 Å². The molecule has 10 heteroatoms. The SMILES string of the molecule is CNC(=O)NCCc1c(C)n(SI)c2ccc(OCCOc3ccc(OC)nc3)cc12. The molecule has 0 fully saturated rings. The molecule has 0 aliphatic heterocycles. The Hall–Kier alpha value is -2.34. The van der Waals surface area contributed by atoms with Gasteiger partial charge in [0.15, 0.2) is 0 Å². The fourth-order valence-electron chi connectivity index (χ4n) is 3.21. The van der Waals surface area contributed by atoms with Crippen LogP contribution in [0.1, 0.15) is 11.3 Å². The third-order valence-electron chi connectivity index (χ3n) is 4.75. The normalized spacial score (nSPS) is 10.7. The van der Waals surface area contributed by atoms with Gasteiger partial charge >= 0.3 is 6.03 Å². The summed E-state index contributed by atoms with van der Waals surface area (Å²) in [6, 6.07) is 9.46. The summed E-state index contributed by atoms with van der Waals surface area (Å²) in [5.41, 5.74) is 3.49. The minimum atomic E-state index is -0.180. The molecule has 0 spiro atoms. The van der Waals surface area contributed by atoms with Gasteiger partial charge in [-0.2, -0.15) is 0 Å². The highest BCUT2D eigenvalue weighted by Gasteiger charge is 2.15. The number of nitrogens with one attached hydrogen (secondary N) is 2. The molecule has 31 heavy (non-hydrogen) atoms. The minimum absolute atomic E-state index is 0.180. The summed E-state index contributed by atoms with van der Waals surface area (Å²) in [6.07, 6.45) is 2.36. The maximum Gasteiger partial charge on any atom is 0.314 e. The highest BCUT2D eigenvalue weighted by Crippen LogP contribution is 2.34. The van der Waals surface area contributed by atoms with E-state index < -0.39 is 0 Å². The average Bonchev–Trinajstić information content (AvgIpc) is 3.07. The first-order valence-corrected chi connectivity index (χ1v) is 13.0. The van der Waals surface area contributed by atoms with Gasteiger partial charge in [-0.15, -0.1) is 0 Å². The second-order valence-electron chi connectivity index (χ2n) is 6.60. The van der Waals surface area contributed by atoms with Crippen LogP contribution in [0.4, 0.5) is 4.79 Å². The quantitative estimate of drug-likeness (QED) is 0.289. The van der Waals surface area contributed by atoms with Crippen LogP contribution in [-0.2, 0) is 6.42 Å². The Kier molecular flexibility index (Phi) is 8.52. The summed E-state index contributed by atoms with van der Waals surface area (Å²) >= 11 is 2.28. The smallest absolute Gasteiger partial charge is 0.314 e. The highest BCUT2D eigenvalue weighted by molar-refractivity contribution is 14.2. The van der Waals surface area contributed by atoms with Gasteiger partial charge in [0.05, 0.1) is 18.8 Å². The molecule has 0 radical (unpaired) electrons. The van der Waals surface area contributed by atoms with Crippen molar-refractivity contribution < 1.29 is 19.0 Å². The highest BCUT2D eigenvalue weighted by atomic mass is 127. The van der Waals surface area contributed by atoms with E-state index in [1.807, 2.05) is 12.1 Å². The number of nitrogens with zero attached hydrogens (tertiary/aromatic N) is 2. The molecule has 2 aromatic heterocycles. The average molecular weight is 556 g/mol. The van der Waals surface area contributed by atoms with Crippen LogP contribution in [0.3, 0.4) is 0 Å². The summed E-state index contributed by atoms with van der Waals surface area (Å²) in [4.78, 5) is 15.6. The number of carbonyl (C=O) groups excluding carboxylic acids is 1. The number of amides is 2. The van der Waals surface area contributed by atoms with Crippen LogP contribution < -0.4 is 24.8 Å². The summed E-state index contributed by atoms with van der Waals surface area (Å²) in [6.45, 7) is 3.46. The fraction of sp³-hybridized carbons (Fsp3) is 0.333. The second kappa shape index (κ2) is 11.3. The molecule has 1 aromatic carbocycles. The number of fused-ring (bicyclic) bond motifs is 1. The largest absolute Gasteiger partial charge is 0.490 e. The van der Waals surface area contributed by atoms with Crippen LogP contribution >= 0.6 is 30.3 Å². The fourth-order valence-corrected chi connectivity index (χ4v) is 5.18. The van der Waals surface area contributed by atoms with Crippen molar-refractivity contribution >= 4 is 47.3 Å². The van der Waals surface area contributed by atoms with Crippen molar-refractivity contribution in [3.8, 4) is 17.4 Å². The maximum atomic E-state index is 11.5. The molecule has 0 atom stereocenters. The van der Waals surface area contributed by atoms with Crippen LogP contribution in [0, 0.1) is 6.92 Å². The minimum Gasteiger partial charge on any atom is -0.490 e. The lowest BCUT2D eigenvalue weighted by molar-refractivity contribution is 0.216. The van der Waals surface area contributed by atoms with Crippen molar-refractivity contribution in [2.24, 2.45) is 0 Å². The van der Waals surface area contributed by atoms with Gasteiger partial charge in [-0.1, -0.05) is 0 Å². The molecule has 2 amide bonds. The monoisotopic (exact) mass is 556 g/mol. The first-order valence-electron chi connectivity index (χ1n) is 9.71. The molecule has 8 nitrogen and oxygen atoms in total. The maximum absolute atomic E-state index is 11.5. The number of methoxy groups -OCH3 is 1. The lowest BCUT2D eigenvalue weighted by atomic mass is 10.1. The Labute approximate surface area is 197 Å². The standard InChI is InChI=1S/C21H25IN4O4S/c1-14-17(8-9-24-21(27)23-2)18-12-15(4-6-19(18)26(14)31-22)29-10-11-30-16-5-7-20(28-3)25-13-16/h4-7,12-13H,8-11H2,1-3H3,(H2,23,24,27). The number of halogens is 1. The number of aromatic nitrogens is 2. The van der Waals surface area contributed by atoms with E-state index in [4.69, 9.17) is 14.2 Å². The van der Waals surface area contributed by atoms with Crippen LogP contribution in [-0.4, -0.2) is 48.9 Å². The number of carbonyl (C=O) groups is 1. The van der Waals surface area contributed by atoms with Crippen LogP contribution in [0.15, 0.2) is 36.5 Å². The number of pyridine rings is 1. The summed E-state index contributed by atoms with van der Waals surface area (Å²) in [5, 5.41) is 6.55. The molecular weight excluding hydrogens is 531 g/mol. The third-order valence-corrected chi connectivity index (χ3v) is 6.54. The molecule has 3 aromatic rings. The van der Waals surface area contributed by atoms with E-state index >= 15 is 0 Å². The molecule has 0 bridgehead atoms. The summed E-state index contributed by atoms with van der Waals surface area (Å²) in [5.74, 6) is 1.99. The number of benzene rings is 1. The number of hydrogen-bond acceptors (Lipinski definition) is 6. The Morgan fingerprint density at radius 3 is 2.58 bits per heavy atom. The number of hydrogen-bond donors (Lipinski definition) is 2. The van der Waals surface area contributed by atoms with E-state index in [9.17, 15) is 4.79 Å². The number of rotatable bonds is 10. The zero-order valence-corrected chi connectivity index (χ0v) is 20.6. The molecule has 0 unspecified atom stereocenters. The lowest BCUT2D eigenvalue weighted by Crippen LogP contribution is -2.34. The summed E-state index contributed by atoms with van der Waals surface area (Å²) in [7, 11) is 4.81. The molecule has 3 rings (SSSR count). The molecule has 2 N–H and O–H groups in total. The molecule has 0 saturated carbocycles. The molecule has 0 aliphatic rings. The van der Waals surface area contributed by atoms with Gasteiger partial charge in [-0.25, -0.2) is 9.78 Å². The van der Waals surface area contributed by atoms with E-state index in [-0.39, 0.29) is 6.03 Å². The predicted molar refractivity (Wildman–Crippen MR) is 132 cm³/mol. The van der Waals surface area contributed by atoms with Crippen molar-refractivity contribution in [3.05, 3.63) is 47.8 Å². The first-order chi connectivity index (χ1) is 15.1.